The summed E-state index contributed by atoms with van der Waals surface area (Å²) in [7, 11) is 0. The molecule has 0 atom stereocenters. The lowest BCUT2D eigenvalue weighted by Gasteiger charge is -2.17. The van der Waals surface area contributed by atoms with E-state index in [9.17, 15) is 0 Å². The van der Waals surface area contributed by atoms with Gasteiger partial charge in [0.15, 0.2) is 0 Å². The largest absolute Gasteiger partial charge is 0.304 e. The molecular formula is C5H13N3. The molecule has 0 bridgehead atoms. The fourth-order valence-corrected chi connectivity index (χ4v) is 1.04. The van der Waals surface area contributed by atoms with Gasteiger partial charge in [0.05, 0.1) is 0 Å². The molecule has 0 aromatic carbocycles. The molecule has 1 rings (SSSR count). The minimum Gasteiger partial charge on any atom is -0.304 e. The molecule has 0 aromatic heterocycles. The highest BCUT2D eigenvalue weighted by molar-refractivity contribution is 4.67. The van der Waals surface area contributed by atoms with Crippen LogP contribution in [0, 0.1) is 0 Å². The normalized spacial score (nSPS) is 22.9. The molecule has 48 valence electrons. The molecule has 0 aliphatic carbocycles. The van der Waals surface area contributed by atoms with Crippen LogP contribution in [0.25, 0.3) is 0 Å². The van der Waals surface area contributed by atoms with Crippen molar-refractivity contribution in [1.29, 1.82) is 0 Å². The van der Waals surface area contributed by atoms with Gasteiger partial charge in [-0.15, -0.1) is 0 Å². The molecule has 0 spiro atoms. The van der Waals surface area contributed by atoms with E-state index in [1.54, 1.807) is 0 Å². The number of nitrogens with two attached hydrogens (primary N) is 2. The summed E-state index contributed by atoms with van der Waals surface area (Å²) in [6.45, 7) is 2.16. The Morgan fingerprint density at radius 2 is 1.62 bits per heavy atom. The Balaban J connectivity index is 2.24. The fourth-order valence-electron chi connectivity index (χ4n) is 1.04. The van der Waals surface area contributed by atoms with Crippen molar-refractivity contribution in [3.05, 3.63) is 0 Å². The van der Waals surface area contributed by atoms with Gasteiger partial charge in [-0.3, -0.25) is 4.90 Å². The van der Waals surface area contributed by atoms with Gasteiger partial charge in [0.2, 0.25) is 0 Å². The van der Waals surface area contributed by atoms with E-state index in [1.165, 1.54) is 12.8 Å². The summed E-state index contributed by atoms with van der Waals surface area (Å²) in [6.07, 6.45) is 2.29. The number of hydrogen-bond donors (Lipinski definition) is 2. The highest BCUT2D eigenvalue weighted by Crippen LogP contribution is 2.05. The van der Waals surface area contributed by atoms with Crippen LogP contribution in [0.2, 0.25) is 0 Å². The van der Waals surface area contributed by atoms with Crippen molar-refractivity contribution in [1.82, 2.24) is 4.90 Å². The summed E-state index contributed by atoms with van der Waals surface area (Å²) in [6, 6.07) is 0. The average Bonchev–Trinajstić information content (AvgIpc) is 2.12. The maximum absolute atomic E-state index is 5.40. The molecule has 0 radical (unpaired) electrons. The van der Waals surface area contributed by atoms with E-state index >= 15 is 0 Å². The van der Waals surface area contributed by atoms with Gasteiger partial charge in [-0.25, -0.2) is 0 Å². The molecule has 0 amide bonds. The quantitative estimate of drug-likeness (QED) is 0.443. The van der Waals surface area contributed by atoms with Gasteiger partial charge in [0.25, 0.3) is 0 Å². The van der Waals surface area contributed by atoms with Gasteiger partial charge >= 0.3 is 0 Å². The third-order valence-corrected chi connectivity index (χ3v) is 1.56. The molecule has 3 nitrogen and oxygen atoms in total. The molecule has 0 unspecified atom stereocenters. The Morgan fingerprint density at radius 3 is 1.88 bits per heavy atom. The smallest absolute Gasteiger partial charge is 0.109 e. The first-order valence-electron chi connectivity index (χ1n) is 3.06. The standard InChI is InChI=1S/C5H13N3/c6-5(7)8-3-1-2-4-8/h5H,1-4,6-7H2. The second-order valence-electron chi connectivity index (χ2n) is 2.23. The van der Waals surface area contributed by atoms with Crippen LogP contribution in [0.3, 0.4) is 0 Å². The van der Waals surface area contributed by atoms with Gasteiger partial charge in [0.1, 0.15) is 6.29 Å². The third kappa shape index (κ3) is 1.18. The Bertz CT molecular complexity index is 66.1. The topological polar surface area (TPSA) is 55.3 Å². The predicted molar refractivity (Wildman–Crippen MR) is 33.0 cm³/mol. The predicted octanol–water partition coefficient (Wildman–Crippen LogP) is -0.717. The van der Waals surface area contributed by atoms with Crippen LogP contribution in [0.4, 0.5) is 0 Å². The van der Waals surface area contributed by atoms with E-state index in [-0.39, 0.29) is 6.29 Å². The zero-order valence-corrected chi connectivity index (χ0v) is 5.01. The summed E-state index contributed by atoms with van der Waals surface area (Å²) in [5.41, 5.74) is 10.8. The zero-order chi connectivity index (χ0) is 5.98. The van der Waals surface area contributed by atoms with Crippen molar-refractivity contribution in [3.8, 4) is 0 Å². The Hall–Kier alpha value is -0.120. The van der Waals surface area contributed by atoms with Crippen LogP contribution in [-0.2, 0) is 0 Å². The zero-order valence-electron chi connectivity index (χ0n) is 5.01. The Morgan fingerprint density at radius 1 is 1.12 bits per heavy atom. The minimum atomic E-state index is -0.225. The van der Waals surface area contributed by atoms with E-state index in [0.29, 0.717) is 0 Å². The summed E-state index contributed by atoms with van der Waals surface area (Å²) in [5.74, 6) is 0. The molecule has 0 aromatic rings. The number of nitrogens with zero attached hydrogens (tertiary/aromatic N) is 1. The number of likely N-dealkylation sites (tertiary alicyclic amines) is 1. The fraction of sp³-hybridized carbons (Fsp3) is 1.00. The van der Waals surface area contributed by atoms with Crippen molar-refractivity contribution < 1.29 is 0 Å². The van der Waals surface area contributed by atoms with Crippen molar-refractivity contribution in [3.63, 3.8) is 0 Å². The first kappa shape index (κ1) is 6.01. The number of hydrogen-bond acceptors (Lipinski definition) is 3. The van der Waals surface area contributed by atoms with E-state index in [2.05, 4.69) is 4.90 Å². The van der Waals surface area contributed by atoms with Crippen molar-refractivity contribution in [2.24, 2.45) is 11.5 Å². The number of rotatable bonds is 1. The monoisotopic (exact) mass is 115 g/mol. The first-order chi connectivity index (χ1) is 3.80. The average molecular weight is 115 g/mol. The van der Waals surface area contributed by atoms with E-state index in [1.807, 2.05) is 0 Å². The second-order valence-corrected chi connectivity index (χ2v) is 2.23. The first-order valence-corrected chi connectivity index (χ1v) is 3.06. The van der Waals surface area contributed by atoms with Crippen LogP contribution >= 0.6 is 0 Å². The molecular weight excluding hydrogens is 102 g/mol. The van der Waals surface area contributed by atoms with Crippen LogP contribution < -0.4 is 11.5 Å². The van der Waals surface area contributed by atoms with Crippen LogP contribution in [-0.4, -0.2) is 24.3 Å². The molecule has 1 aliphatic rings. The minimum absolute atomic E-state index is 0.225. The molecule has 1 fully saturated rings. The summed E-state index contributed by atoms with van der Waals surface area (Å²) >= 11 is 0. The molecule has 1 aliphatic heterocycles. The Labute approximate surface area is 49.6 Å². The lowest BCUT2D eigenvalue weighted by Crippen LogP contribution is -2.46. The maximum atomic E-state index is 5.40. The van der Waals surface area contributed by atoms with Crippen molar-refractivity contribution in [2.75, 3.05) is 13.1 Å². The van der Waals surface area contributed by atoms with Crippen LogP contribution in [0.1, 0.15) is 12.8 Å². The molecule has 8 heavy (non-hydrogen) atoms. The molecule has 4 N–H and O–H groups in total. The van der Waals surface area contributed by atoms with Gasteiger partial charge < -0.3 is 11.5 Å². The van der Waals surface area contributed by atoms with Crippen molar-refractivity contribution in [2.45, 2.75) is 19.1 Å². The molecule has 1 heterocycles. The summed E-state index contributed by atoms with van der Waals surface area (Å²) < 4.78 is 0. The van der Waals surface area contributed by atoms with E-state index < -0.39 is 0 Å². The summed E-state index contributed by atoms with van der Waals surface area (Å²) in [4.78, 5) is 2.08. The molecule has 1 saturated heterocycles. The highest BCUT2D eigenvalue weighted by atomic mass is 15.3. The summed E-state index contributed by atoms with van der Waals surface area (Å²) in [5, 5.41) is 0. The molecule has 3 heteroatoms. The second kappa shape index (κ2) is 2.44. The van der Waals surface area contributed by atoms with Gasteiger partial charge in [-0.05, 0) is 12.8 Å². The lowest BCUT2D eigenvalue weighted by atomic mass is 10.4. The van der Waals surface area contributed by atoms with Gasteiger partial charge in [0, 0.05) is 13.1 Å². The van der Waals surface area contributed by atoms with Crippen LogP contribution in [0.15, 0.2) is 0 Å². The SMILES string of the molecule is NC(N)N1CCCC1. The Kier molecular flexibility index (Phi) is 1.83. The molecule has 0 saturated carbocycles. The maximum Gasteiger partial charge on any atom is 0.109 e. The van der Waals surface area contributed by atoms with E-state index in [0.717, 1.165) is 13.1 Å². The van der Waals surface area contributed by atoms with Crippen molar-refractivity contribution >= 4 is 0 Å². The highest BCUT2D eigenvalue weighted by Gasteiger charge is 2.13. The lowest BCUT2D eigenvalue weighted by molar-refractivity contribution is 0.254. The van der Waals surface area contributed by atoms with E-state index in [4.69, 9.17) is 11.5 Å². The van der Waals surface area contributed by atoms with Gasteiger partial charge in [-0.1, -0.05) is 0 Å². The van der Waals surface area contributed by atoms with Gasteiger partial charge in [-0.2, -0.15) is 0 Å². The third-order valence-electron chi connectivity index (χ3n) is 1.56. The van der Waals surface area contributed by atoms with Crippen LogP contribution in [0.5, 0.6) is 0 Å².